The number of primary amides is 1. The lowest BCUT2D eigenvalue weighted by atomic mass is 10.0. The van der Waals surface area contributed by atoms with Crippen LogP contribution in [0.15, 0.2) is 30.3 Å². The number of amides is 2. The minimum absolute atomic E-state index is 0.0930. The van der Waals surface area contributed by atoms with Gasteiger partial charge in [-0.2, -0.15) is 0 Å². The molecule has 0 aliphatic heterocycles. The predicted octanol–water partition coefficient (Wildman–Crippen LogP) is 2.30. The first-order chi connectivity index (χ1) is 9.66. The third kappa shape index (κ3) is 4.08. The van der Waals surface area contributed by atoms with Crippen molar-refractivity contribution in [3.63, 3.8) is 0 Å². The second-order valence-electron chi connectivity index (χ2n) is 5.50. The minimum atomic E-state index is -0.729. The van der Waals surface area contributed by atoms with Gasteiger partial charge in [0.1, 0.15) is 6.04 Å². The Kier molecular flexibility index (Phi) is 5.16. The molecular weight excluding hydrogens is 252 g/mol. The highest BCUT2D eigenvalue weighted by Gasteiger charge is 2.21. The largest absolute Gasteiger partial charge is 0.368 e. The highest BCUT2D eigenvalue weighted by atomic mass is 16.2. The van der Waals surface area contributed by atoms with Crippen molar-refractivity contribution in [2.24, 2.45) is 11.7 Å². The lowest BCUT2D eigenvalue weighted by Crippen LogP contribution is -2.37. The number of benzene rings is 1. The summed E-state index contributed by atoms with van der Waals surface area (Å²) in [5.74, 6) is 0.0551. The summed E-state index contributed by atoms with van der Waals surface area (Å²) in [6.07, 6.45) is 6.39. The van der Waals surface area contributed by atoms with E-state index in [1.54, 1.807) is 12.1 Å². The minimum Gasteiger partial charge on any atom is -0.368 e. The molecule has 0 aromatic heterocycles. The number of hydrogen-bond donors (Lipinski definition) is 2. The van der Waals surface area contributed by atoms with Gasteiger partial charge in [0.05, 0.1) is 0 Å². The van der Waals surface area contributed by atoms with Crippen LogP contribution in [0.3, 0.4) is 0 Å². The van der Waals surface area contributed by atoms with Crippen LogP contribution in [0.4, 0.5) is 0 Å². The third-order valence-corrected chi connectivity index (χ3v) is 3.98. The van der Waals surface area contributed by atoms with Crippen molar-refractivity contribution in [3.8, 4) is 0 Å². The first-order valence-electron chi connectivity index (χ1n) is 7.30. The van der Waals surface area contributed by atoms with Gasteiger partial charge in [0, 0.05) is 6.42 Å². The van der Waals surface area contributed by atoms with Crippen molar-refractivity contribution >= 4 is 11.8 Å². The molecule has 3 N–H and O–H groups in total. The van der Waals surface area contributed by atoms with Gasteiger partial charge in [0.25, 0.3) is 0 Å². The molecular formula is C16H22N2O2. The topological polar surface area (TPSA) is 72.2 Å². The summed E-state index contributed by atoms with van der Waals surface area (Å²) in [6, 6.07) is 8.39. The summed E-state index contributed by atoms with van der Waals surface area (Å²) >= 11 is 0. The summed E-state index contributed by atoms with van der Waals surface area (Å²) in [5, 5.41) is 2.74. The number of nitrogens with one attached hydrogen (secondary N) is 1. The standard InChI is InChI=1S/C16H22N2O2/c17-16(20)15(13-8-2-1-3-9-13)18-14(19)11-10-12-6-4-5-7-12/h1-3,8-9,12,15H,4-7,10-11H2,(H2,17,20)(H,18,19). The first kappa shape index (κ1) is 14.6. The quantitative estimate of drug-likeness (QED) is 0.835. The normalized spacial score (nSPS) is 16.8. The lowest BCUT2D eigenvalue weighted by Gasteiger charge is -2.16. The maximum Gasteiger partial charge on any atom is 0.244 e. The van der Waals surface area contributed by atoms with E-state index in [9.17, 15) is 9.59 Å². The van der Waals surface area contributed by atoms with Crippen LogP contribution in [-0.4, -0.2) is 11.8 Å². The van der Waals surface area contributed by atoms with Gasteiger partial charge in [-0.25, -0.2) is 0 Å². The van der Waals surface area contributed by atoms with Crippen LogP contribution in [0.1, 0.15) is 50.1 Å². The Hall–Kier alpha value is -1.84. The second-order valence-corrected chi connectivity index (χ2v) is 5.50. The van der Waals surface area contributed by atoms with Crippen LogP contribution in [0.25, 0.3) is 0 Å². The molecule has 1 aromatic rings. The van der Waals surface area contributed by atoms with E-state index < -0.39 is 11.9 Å². The zero-order chi connectivity index (χ0) is 14.4. The molecule has 108 valence electrons. The van der Waals surface area contributed by atoms with E-state index >= 15 is 0 Å². The molecule has 2 amide bonds. The first-order valence-corrected chi connectivity index (χ1v) is 7.30. The fraction of sp³-hybridized carbons (Fsp3) is 0.500. The molecule has 1 fully saturated rings. The van der Waals surface area contributed by atoms with Crippen molar-refractivity contribution in [2.75, 3.05) is 0 Å². The molecule has 1 unspecified atom stereocenters. The van der Waals surface area contributed by atoms with Crippen molar-refractivity contribution in [1.82, 2.24) is 5.32 Å². The Bertz CT molecular complexity index is 453. The highest BCUT2D eigenvalue weighted by molar-refractivity contribution is 5.87. The predicted molar refractivity (Wildman–Crippen MR) is 77.7 cm³/mol. The summed E-state index contributed by atoms with van der Waals surface area (Å²) in [7, 11) is 0. The zero-order valence-corrected chi connectivity index (χ0v) is 11.7. The van der Waals surface area contributed by atoms with Gasteiger partial charge in [-0.3, -0.25) is 9.59 Å². The van der Waals surface area contributed by atoms with Crippen LogP contribution in [0.2, 0.25) is 0 Å². The molecule has 1 aliphatic rings. The van der Waals surface area contributed by atoms with E-state index in [-0.39, 0.29) is 5.91 Å². The Morgan fingerprint density at radius 2 is 1.85 bits per heavy atom. The summed E-state index contributed by atoms with van der Waals surface area (Å²) in [5.41, 5.74) is 6.11. The molecule has 1 saturated carbocycles. The van der Waals surface area contributed by atoms with Crippen molar-refractivity contribution in [3.05, 3.63) is 35.9 Å². The molecule has 0 saturated heterocycles. The van der Waals surface area contributed by atoms with Gasteiger partial charge in [-0.1, -0.05) is 56.0 Å². The average molecular weight is 274 g/mol. The molecule has 0 radical (unpaired) electrons. The van der Waals surface area contributed by atoms with Gasteiger partial charge in [-0.05, 0) is 17.9 Å². The van der Waals surface area contributed by atoms with E-state index in [1.807, 2.05) is 18.2 Å². The highest BCUT2D eigenvalue weighted by Crippen LogP contribution is 2.28. The molecule has 20 heavy (non-hydrogen) atoms. The molecule has 0 bridgehead atoms. The Morgan fingerprint density at radius 1 is 1.20 bits per heavy atom. The number of rotatable bonds is 6. The lowest BCUT2D eigenvalue weighted by molar-refractivity contribution is -0.127. The third-order valence-electron chi connectivity index (χ3n) is 3.98. The molecule has 1 atom stereocenters. The zero-order valence-electron chi connectivity index (χ0n) is 11.7. The molecule has 4 nitrogen and oxygen atoms in total. The van der Waals surface area contributed by atoms with Gasteiger partial charge >= 0.3 is 0 Å². The fourth-order valence-corrected chi connectivity index (χ4v) is 2.83. The number of carbonyl (C=O) groups excluding carboxylic acids is 2. The monoisotopic (exact) mass is 274 g/mol. The maximum atomic E-state index is 12.0. The van der Waals surface area contributed by atoms with Crippen LogP contribution in [0, 0.1) is 5.92 Å². The van der Waals surface area contributed by atoms with Crippen molar-refractivity contribution < 1.29 is 9.59 Å². The Morgan fingerprint density at radius 3 is 2.45 bits per heavy atom. The van der Waals surface area contributed by atoms with E-state index in [1.165, 1.54) is 25.7 Å². The van der Waals surface area contributed by atoms with E-state index in [0.717, 1.165) is 12.0 Å². The smallest absolute Gasteiger partial charge is 0.244 e. The molecule has 0 spiro atoms. The summed E-state index contributed by atoms with van der Waals surface area (Å²) in [4.78, 5) is 23.5. The molecule has 4 heteroatoms. The number of nitrogens with two attached hydrogens (primary N) is 1. The van der Waals surface area contributed by atoms with Crippen molar-refractivity contribution in [2.45, 2.75) is 44.6 Å². The van der Waals surface area contributed by atoms with E-state index in [2.05, 4.69) is 5.32 Å². The fourth-order valence-electron chi connectivity index (χ4n) is 2.83. The van der Waals surface area contributed by atoms with Gasteiger partial charge in [0.15, 0.2) is 0 Å². The van der Waals surface area contributed by atoms with Crippen LogP contribution in [-0.2, 0) is 9.59 Å². The maximum absolute atomic E-state index is 12.0. The second kappa shape index (κ2) is 7.08. The Balaban J connectivity index is 1.87. The van der Waals surface area contributed by atoms with Crippen LogP contribution >= 0.6 is 0 Å². The van der Waals surface area contributed by atoms with Gasteiger partial charge < -0.3 is 11.1 Å². The molecule has 0 heterocycles. The summed E-state index contributed by atoms with van der Waals surface area (Å²) < 4.78 is 0. The molecule has 1 aliphatic carbocycles. The molecule has 1 aromatic carbocycles. The SMILES string of the molecule is NC(=O)C(NC(=O)CCC1CCCC1)c1ccccc1. The number of hydrogen-bond acceptors (Lipinski definition) is 2. The van der Waals surface area contributed by atoms with E-state index in [0.29, 0.717) is 12.3 Å². The van der Waals surface area contributed by atoms with Crippen molar-refractivity contribution in [1.29, 1.82) is 0 Å². The van der Waals surface area contributed by atoms with E-state index in [4.69, 9.17) is 5.73 Å². The summed E-state index contributed by atoms with van der Waals surface area (Å²) in [6.45, 7) is 0. The molecule has 2 rings (SSSR count). The Labute approximate surface area is 119 Å². The number of carbonyl (C=O) groups is 2. The van der Waals surface area contributed by atoms with Crippen LogP contribution in [0.5, 0.6) is 0 Å². The van der Waals surface area contributed by atoms with Gasteiger partial charge in [-0.15, -0.1) is 0 Å². The van der Waals surface area contributed by atoms with Crippen LogP contribution < -0.4 is 11.1 Å². The van der Waals surface area contributed by atoms with Gasteiger partial charge in [0.2, 0.25) is 11.8 Å². The average Bonchev–Trinajstić information content (AvgIpc) is 2.96.